The van der Waals surface area contributed by atoms with E-state index in [2.05, 4.69) is 69.8 Å². The Morgan fingerprint density at radius 3 is 1.08 bits per heavy atom. The van der Waals surface area contributed by atoms with Gasteiger partial charge in [0.25, 0.3) is 0 Å². The van der Waals surface area contributed by atoms with E-state index in [9.17, 15) is 0 Å². The van der Waals surface area contributed by atoms with Gasteiger partial charge >= 0.3 is 0 Å². The predicted molar refractivity (Wildman–Crippen MR) is 109 cm³/mol. The molecule has 26 heavy (non-hydrogen) atoms. The zero-order valence-corrected chi connectivity index (χ0v) is 15.7. The fraction of sp³-hybridized carbons (Fsp3) is 0.455. The monoisotopic (exact) mass is 352 g/mol. The van der Waals surface area contributed by atoms with Crippen LogP contribution in [0, 0.1) is 0 Å². The summed E-state index contributed by atoms with van der Waals surface area (Å²) in [4.78, 5) is 0. The fourth-order valence-electron chi connectivity index (χ4n) is 3.31. The molecule has 1 aliphatic rings. The molecule has 0 unspecified atom stereocenters. The molecule has 4 nitrogen and oxygen atoms in total. The first-order chi connectivity index (χ1) is 12.9. The van der Waals surface area contributed by atoms with Crippen LogP contribution in [-0.4, -0.2) is 26.2 Å². The van der Waals surface area contributed by atoms with E-state index in [4.69, 9.17) is 0 Å². The van der Waals surface area contributed by atoms with Crippen LogP contribution in [0.5, 0.6) is 0 Å². The minimum Gasteiger partial charge on any atom is -0.313 e. The molecule has 0 fully saturated rings. The maximum Gasteiger partial charge on any atom is 0.0205 e. The molecule has 4 heteroatoms. The van der Waals surface area contributed by atoms with E-state index in [-0.39, 0.29) is 0 Å². The number of fused-ring (bicyclic) bond motifs is 4. The molecule has 140 valence electrons. The van der Waals surface area contributed by atoms with E-state index < -0.39 is 0 Å². The van der Waals surface area contributed by atoms with Gasteiger partial charge in [0, 0.05) is 26.2 Å². The molecular weight excluding hydrogens is 320 g/mol. The second-order valence-electron chi connectivity index (χ2n) is 7.05. The third-order valence-corrected chi connectivity index (χ3v) is 4.71. The maximum atomic E-state index is 3.55. The Morgan fingerprint density at radius 2 is 0.769 bits per heavy atom. The van der Waals surface area contributed by atoms with E-state index in [1.54, 1.807) is 0 Å². The van der Waals surface area contributed by atoms with Gasteiger partial charge in [0.15, 0.2) is 0 Å². The van der Waals surface area contributed by atoms with E-state index >= 15 is 0 Å². The lowest BCUT2D eigenvalue weighted by molar-refractivity contribution is 0.587. The van der Waals surface area contributed by atoms with Crippen LogP contribution in [0.3, 0.4) is 0 Å². The lowest BCUT2D eigenvalue weighted by Gasteiger charge is -2.11. The Kier molecular flexibility index (Phi) is 8.13. The van der Waals surface area contributed by atoms with Gasteiger partial charge in [0.05, 0.1) is 0 Å². The van der Waals surface area contributed by atoms with Gasteiger partial charge in [0.1, 0.15) is 0 Å². The highest BCUT2D eigenvalue weighted by Gasteiger charge is 1.99. The van der Waals surface area contributed by atoms with Crippen LogP contribution in [0.15, 0.2) is 48.5 Å². The molecular formula is C22H32N4. The maximum absolute atomic E-state index is 3.55. The fourth-order valence-corrected chi connectivity index (χ4v) is 3.31. The molecule has 0 amide bonds. The van der Waals surface area contributed by atoms with Crippen molar-refractivity contribution in [2.75, 3.05) is 26.2 Å². The van der Waals surface area contributed by atoms with Gasteiger partial charge in [-0.1, -0.05) is 48.5 Å². The third-order valence-electron chi connectivity index (χ3n) is 4.71. The molecule has 1 aliphatic heterocycles. The van der Waals surface area contributed by atoms with Crippen molar-refractivity contribution in [3.63, 3.8) is 0 Å². The van der Waals surface area contributed by atoms with Gasteiger partial charge < -0.3 is 21.3 Å². The average molecular weight is 353 g/mol. The van der Waals surface area contributed by atoms with Gasteiger partial charge in [-0.25, -0.2) is 0 Å². The number of hydrogen-bond donors (Lipinski definition) is 4. The Labute approximate surface area is 157 Å². The molecule has 3 rings (SSSR count). The van der Waals surface area contributed by atoms with Crippen LogP contribution < -0.4 is 21.3 Å². The van der Waals surface area contributed by atoms with E-state index in [0.717, 1.165) is 65.2 Å². The van der Waals surface area contributed by atoms with Crippen molar-refractivity contribution in [3.8, 4) is 0 Å². The van der Waals surface area contributed by atoms with Crippen molar-refractivity contribution < 1.29 is 0 Å². The lowest BCUT2D eigenvalue weighted by atomic mass is 10.1. The van der Waals surface area contributed by atoms with Crippen molar-refractivity contribution in [1.82, 2.24) is 21.3 Å². The molecule has 0 aliphatic carbocycles. The molecule has 1 heterocycles. The summed E-state index contributed by atoms with van der Waals surface area (Å²) >= 11 is 0. The quantitative estimate of drug-likeness (QED) is 0.589. The average Bonchev–Trinajstić information content (AvgIpc) is 2.66. The SMILES string of the molecule is c1cc2cc(c1)CNCCCNCc1cccc(c1)CNCCCNC2. The Morgan fingerprint density at radius 1 is 0.462 bits per heavy atom. The Balaban J connectivity index is 1.53. The Bertz CT molecular complexity index is 552. The van der Waals surface area contributed by atoms with Crippen LogP contribution in [-0.2, 0) is 26.2 Å². The molecule has 0 saturated carbocycles. The van der Waals surface area contributed by atoms with Crippen molar-refractivity contribution in [2.45, 2.75) is 39.0 Å². The molecule has 0 spiro atoms. The van der Waals surface area contributed by atoms with Crippen LogP contribution >= 0.6 is 0 Å². The smallest absolute Gasteiger partial charge is 0.0205 e. The summed E-state index contributed by atoms with van der Waals surface area (Å²) < 4.78 is 0. The standard InChI is InChI=1S/C22H32N4/c1-5-19-13-20(6-1)16-24-10-4-12-26-18-22-8-2-7-21(14-22)17-25-11-3-9-23-15-19/h1-2,5-8,13-14,23-26H,3-4,9-12,15-18H2. The van der Waals surface area contributed by atoms with Crippen LogP contribution in [0.4, 0.5) is 0 Å². The largest absolute Gasteiger partial charge is 0.313 e. The highest BCUT2D eigenvalue weighted by Crippen LogP contribution is 2.06. The summed E-state index contributed by atoms with van der Waals surface area (Å²) in [7, 11) is 0. The molecule has 4 N–H and O–H groups in total. The molecule has 0 saturated heterocycles. The number of rotatable bonds is 0. The minimum atomic E-state index is 0.944. The first-order valence-electron chi connectivity index (χ1n) is 9.89. The summed E-state index contributed by atoms with van der Waals surface area (Å²) in [5.41, 5.74) is 5.46. The molecule has 2 aromatic rings. The highest BCUT2D eigenvalue weighted by atomic mass is 14.9. The number of benzene rings is 2. The van der Waals surface area contributed by atoms with Crippen LogP contribution in [0.2, 0.25) is 0 Å². The highest BCUT2D eigenvalue weighted by molar-refractivity contribution is 5.24. The molecule has 0 radical (unpaired) electrons. The van der Waals surface area contributed by atoms with Crippen molar-refractivity contribution >= 4 is 0 Å². The summed E-state index contributed by atoms with van der Waals surface area (Å²) in [6.45, 7) is 7.94. The van der Waals surface area contributed by atoms with Gasteiger partial charge in [-0.3, -0.25) is 0 Å². The third kappa shape index (κ3) is 6.89. The van der Waals surface area contributed by atoms with E-state index in [0.29, 0.717) is 0 Å². The van der Waals surface area contributed by atoms with Crippen LogP contribution in [0.25, 0.3) is 0 Å². The summed E-state index contributed by atoms with van der Waals surface area (Å²) in [5.74, 6) is 0. The first kappa shape index (κ1) is 19.1. The predicted octanol–water partition coefficient (Wildman–Crippen LogP) is 2.54. The minimum absolute atomic E-state index is 0.944. The Hall–Kier alpha value is -1.72. The second-order valence-corrected chi connectivity index (χ2v) is 7.05. The molecule has 4 bridgehead atoms. The van der Waals surface area contributed by atoms with Gasteiger partial charge in [0.2, 0.25) is 0 Å². The van der Waals surface area contributed by atoms with Crippen molar-refractivity contribution in [2.24, 2.45) is 0 Å². The summed E-state index contributed by atoms with van der Waals surface area (Å²) in [5, 5.41) is 14.2. The van der Waals surface area contributed by atoms with E-state index in [1.807, 2.05) is 0 Å². The van der Waals surface area contributed by atoms with Gasteiger partial charge in [-0.15, -0.1) is 0 Å². The first-order valence-corrected chi connectivity index (χ1v) is 9.89. The zero-order chi connectivity index (χ0) is 17.9. The molecule has 0 atom stereocenters. The van der Waals surface area contributed by atoms with E-state index in [1.165, 1.54) is 22.3 Å². The van der Waals surface area contributed by atoms with Gasteiger partial charge in [-0.05, 0) is 61.3 Å². The van der Waals surface area contributed by atoms with Crippen molar-refractivity contribution in [1.29, 1.82) is 0 Å². The molecule has 2 aromatic carbocycles. The van der Waals surface area contributed by atoms with Crippen LogP contribution in [0.1, 0.15) is 35.1 Å². The van der Waals surface area contributed by atoms with Crippen molar-refractivity contribution in [3.05, 3.63) is 70.8 Å². The summed E-state index contributed by atoms with van der Waals surface area (Å²) in [6.07, 6.45) is 2.28. The summed E-state index contributed by atoms with van der Waals surface area (Å²) in [6, 6.07) is 17.8. The topological polar surface area (TPSA) is 48.1 Å². The second kappa shape index (κ2) is 11.1. The number of nitrogens with one attached hydrogen (secondary N) is 4. The van der Waals surface area contributed by atoms with Gasteiger partial charge in [-0.2, -0.15) is 0 Å². The lowest BCUT2D eigenvalue weighted by Crippen LogP contribution is -2.23. The normalized spacial score (nSPS) is 18.2. The number of hydrogen-bond acceptors (Lipinski definition) is 4. The zero-order valence-electron chi connectivity index (χ0n) is 15.7. The molecule has 0 aromatic heterocycles.